The van der Waals surface area contributed by atoms with Gasteiger partial charge >= 0.3 is 0 Å². The first-order chi connectivity index (χ1) is 17.3. The van der Waals surface area contributed by atoms with Gasteiger partial charge in [-0.3, -0.25) is 24.6 Å². The van der Waals surface area contributed by atoms with E-state index < -0.39 is 16.1 Å². The predicted molar refractivity (Wildman–Crippen MR) is 137 cm³/mol. The lowest BCUT2D eigenvalue weighted by atomic mass is 10.1. The minimum atomic E-state index is -0.530. The summed E-state index contributed by atoms with van der Waals surface area (Å²) in [4.78, 5) is 38.0. The van der Waals surface area contributed by atoms with Crippen LogP contribution in [0.3, 0.4) is 0 Å². The summed E-state index contributed by atoms with van der Waals surface area (Å²) in [6, 6.07) is 20.3. The van der Waals surface area contributed by atoms with Gasteiger partial charge in [-0.2, -0.15) is 0 Å². The monoisotopic (exact) mass is 501 g/mol. The van der Waals surface area contributed by atoms with E-state index in [-0.39, 0.29) is 28.5 Å². The number of hydrogen-bond acceptors (Lipinski definition) is 5. The van der Waals surface area contributed by atoms with Crippen LogP contribution in [0, 0.1) is 22.9 Å². The molecule has 2 heterocycles. The molecule has 7 nitrogen and oxygen atoms in total. The lowest BCUT2D eigenvalue weighted by molar-refractivity contribution is -0.385. The summed E-state index contributed by atoms with van der Waals surface area (Å²) in [6.45, 7) is 2.02. The Labute approximate surface area is 210 Å². The van der Waals surface area contributed by atoms with Crippen LogP contribution in [0.15, 0.2) is 77.7 Å². The molecular weight excluding hydrogens is 481 g/mol. The molecule has 2 amide bonds. The van der Waals surface area contributed by atoms with E-state index in [0.717, 1.165) is 38.8 Å². The molecule has 1 aromatic heterocycles. The van der Waals surface area contributed by atoms with E-state index in [1.807, 2.05) is 35.8 Å². The number of imide groups is 1. The van der Waals surface area contributed by atoms with Gasteiger partial charge in [0.2, 0.25) is 0 Å². The largest absolute Gasteiger partial charge is 0.340 e. The molecule has 0 bridgehead atoms. The number of nitro groups is 1. The molecule has 5 rings (SSSR count). The third kappa shape index (κ3) is 4.18. The van der Waals surface area contributed by atoms with Gasteiger partial charge < -0.3 is 4.57 Å². The topological polar surface area (TPSA) is 85.5 Å². The smallest absolute Gasteiger partial charge is 0.293 e. The van der Waals surface area contributed by atoms with Crippen molar-refractivity contribution in [3.63, 3.8) is 0 Å². The zero-order valence-electron chi connectivity index (χ0n) is 19.2. The van der Waals surface area contributed by atoms with Crippen molar-refractivity contribution in [2.24, 2.45) is 0 Å². The quantitative estimate of drug-likeness (QED) is 0.176. The fourth-order valence-electron chi connectivity index (χ4n) is 4.40. The Morgan fingerprint density at radius 2 is 1.61 bits per heavy atom. The second-order valence-corrected chi connectivity index (χ2v) is 9.34. The number of halogens is 1. The van der Waals surface area contributed by atoms with Crippen LogP contribution in [0.4, 0.5) is 14.9 Å². The molecule has 0 atom stereocenters. The number of thioether (sulfide) groups is 1. The van der Waals surface area contributed by atoms with Crippen LogP contribution < -0.4 is 0 Å². The van der Waals surface area contributed by atoms with Crippen molar-refractivity contribution in [2.75, 3.05) is 0 Å². The van der Waals surface area contributed by atoms with Crippen LogP contribution in [-0.4, -0.2) is 25.5 Å². The van der Waals surface area contributed by atoms with E-state index in [4.69, 9.17) is 0 Å². The van der Waals surface area contributed by atoms with E-state index in [0.29, 0.717) is 12.1 Å². The molecule has 180 valence electrons. The first-order valence-electron chi connectivity index (χ1n) is 11.1. The minimum Gasteiger partial charge on any atom is -0.340 e. The maximum Gasteiger partial charge on any atom is 0.293 e. The number of fused-ring (bicyclic) bond motifs is 1. The van der Waals surface area contributed by atoms with Crippen LogP contribution in [0.25, 0.3) is 17.0 Å². The van der Waals surface area contributed by atoms with Gasteiger partial charge in [-0.15, -0.1) is 0 Å². The Kier molecular flexibility index (Phi) is 6.15. The first-order valence-corrected chi connectivity index (χ1v) is 12.0. The van der Waals surface area contributed by atoms with Gasteiger partial charge in [-0.05, 0) is 36.9 Å². The Bertz CT molecular complexity index is 1580. The molecule has 0 unspecified atom stereocenters. The highest BCUT2D eigenvalue weighted by Gasteiger charge is 2.36. The van der Waals surface area contributed by atoms with Crippen LogP contribution in [0.5, 0.6) is 0 Å². The molecule has 0 saturated carbocycles. The van der Waals surface area contributed by atoms with Gasteiger partial charge in [-0.25, -0.2) is 4.39 Å². The number of hydrogen-bond donors (Lipinski definition) is 0. The predicted octanol–water partition coefficient (Wildman–Crippen LogP) is 6.28. The minimum absolute atomic E-state index is 0.146. The highest BCUT2D eigenvalue weighted by atomic mass is 32.2. The Morgan fingerprint density at radius 1 is 0.944 bits per heavy atom. The zero-order chi connectivity index (χ0) is 25.4. The van der Waals surface area contributed by atoms with Crippen LogP contribution in [0.2, 0.25) is 0 Å². The standard InChI is InChI=1S/C27H20FN3O4S/c1-17-21(20-10-4-7-13-24(20)29(17)15-18-8-2-5-11-22(18)28)14-25-26(32)30(27(33)36-25)16-19-9-3-6-12-23(19)31(34)35/h2-14H,15-16H2,1H3/b25-14-. The highest BCUT2D eigenvalue weighted by Crippen LogP contribution is 2.37. The third-order valence-electron chi connectivity index (χ3n) is 6.23. The SMILES string of the molecule is Cc1c(/C=C2\SC(=O)N(Cc3ccccc3[N+](=O)[O-])C2=O)c2ccccc2n1Cc1ccccc1F. The Balaban J connectivity index is 1.52. The summed E-state index contributed by atoms with van der Waals surface area (Å²) in [6.07, 6.45) is 1.68. The maximum absolute atomic E-state index is 14.4. The average molecular weight is 502 g/mol. The second-order valence-electron chi connectivity index (χ2n) is 8.35. The molecule has 9 heteroatoms. The summed E-state index contributed by atoms with van der Waals surface area (Å²) >= 11 is 0.803. The third-order valence-corrected chi connectivity index (χ3v) is 7.14. The van der Waals surface area contributed by atoms with Gasteiger partial charge in [0, 0.05) is 39.4 Å². The van der Waals surface area contributed by atoms with Crippen molar-refractivity contribution in [1.82, 2.24) is 9.47 Å². The fourth-order valence-corrected chi connectivity index (χ4v) is 5.22. The van der Waals surface area contributed by atoms with E-state index in [2.05, 4.69) is 0 Å². The molecule has 1 fully saturated rings. The highest BCUT2D eigenvalue weighted by molar-refractivity contribution is 8.18. The number of carbonyl (C=O) groups excluding carboxylic acids is 2. The Morgan fingerprint density at radius 3 is 2.36 bits per heavy atom. The summed E-state index contributed by atoms with van der Waals surface area (Å²) in [5.41, 5.74) is 3.14. The van der Waals surface area contributed by atoms with Gasteiger partial charge in [0.05, 0.1) is 22.9 Å². The molecule has 0 spiro atoms. The zero-order valence-corrected chi connectivity index (χ0v) is 20.0. The number of amides is 2. The molecule has 4 aromatic rings. The molecule has 0 radical (unpaired) electrons. The van der Waals surface area contributed by atoms with E-state index >= 15 is 0 Å². The number of carbonyl (C=O) groups is 2. The summed E-state index contributed by atoms with van der Waals surface area (Å²) < 4.78 is 16.4. The lowest BCUT2D eigenvalue weighted by Crippen LogP contribution is -2.27. The summed E-state index contributed by atoms with van der Waals surface area (Å²) in [5, 5.41) is 11.7. The van der Waals surface area contributed by atoms with E-state index in [1.165, 1.54) is 24.3 Å². The van der Waals surface area contributed by atoms with Crippen molar-refractivity contribution in [2.45, 2.75) is 20.0 Å². The molecular formula is C27H20FN3O4S. The number of nitrogens with zero attached hydrogens (tertiary/aromatic N) is 3. The van der Waals surface area contributed by atoms with Crippen molar-refractivity contribution in [3.05, 3.63) is 116 Å². The van der Waals surface area contributed by atoms with Crippen molar-refractivity contribution >= 4 is 45.6 Å². The summed E-state index contributed by atoms with van der Waals surface area (Å²) in [5.74, 6) is -0.805. The van der Waals surface area contributed by atoms with Crippen molar-refractivity contribution < 1.29 is 18.9 Å². The van der Waals surface area contributed by atoms with Gasteiger partial charge in [0.1, 0.15) is 5.82 Å². The number of nitro benzene ring substituents is 1. The molecule has 1 saturated heterocycles. The molecule has 0 N–H and O–H groups in total. The number of rotatable bonds is 6. The first kappa shape index (κ1) is 23.5. The fraction of sp³-hybridized carbons (Fsp3) is 0.111. The summed E-state index contributed by atoms with van der Waals surface area (Å²) in [7, 11) is 0. The molecule has 1 aliphatic heterocycles. The number of para-hydroxylation sites is 2. The maximum atomic E-state index is 14.4. The van der Waals surface area contributed by atoms with E-state index in [9.17, 15) is 24.1 Å². The van der Waals surface area contributed by atoms with E-state index in [1.54, 1.807) is 30.3 Å². The van der Waals surface area contributed by atoms with Crippen LogP contribution in [-0.2, 0) is 17.9 Å². The van der Waals surface area contributed by atoms with Gasteiger partial charge in [-0.1, -0.05) is 54.6 Å². The molecule has 3 aromatic carbocycles. The number of benzene rings is 3. The normalized spacial score (nSPS) is 14.8. The lowest BCUT2D eigenvalue weighted by Gasteiger charge is -2.12. The van der Waals surface area contributed by atoms with Gasteiger partial charge in [0.25, 0.3) is 16.8 Å². The molecule has 1 aliphatic rings. The Hall–Kier alpha value is -4.24. The van der Waals surface area contributed by atoms with Crippen LogP contribution >= 0.6 is 11.8 Å². The van der Waals surface area contributed by atoms with Crippen molar-refractivity contribution in [3.8, 4) is 0 Å². The van der Waals surface area contributed by atoms with Crippen LogP contribution in [0.1, 0.15) is 22.4 Å². The average Bonchev–Trinajstić information content (AvgIpc) is 3.28. The second kappa shape index (κ2) is 9.43. The van der Waals surface area contributed by atoms with Gasteiger partial charge in [0.15, 0.2) is 0 Å². The molecule has 36 heavy (non-hydrogen) atoms. The number of aromatic nitrogens is 1. The van der Waals surface area contributed by atoms with Crippen molar-refractivity contribution in [1.29, 1.82) is 0 Å². The molecule has 0 aliphatic carbocycles.